The van der Waals surface area contributed by atoms with Crippen LogP contribution >= 0.6 is 12.6 Å². The number of methoxy groups -OCH3 is 1. The lowest BCUT2D eigenvalue weighted by Gasteiger charge is -2.13. The number of hydrogen-bond acceptors (Lipinski definition) is 4. The number of hydrogen-bond donors (Lipinski definition) is 2. The number of carbonyl (C=O) groups excluding carboxylic acids is 1. The fourth-order valence-electron chi connectivity index (χ4n) is 2.33. The van der Waals surface area contributed by atoms with Gasteiger partial charge in [0.2, 0.25) is 0 Å². The fraction of sp³-hybridized carbons (Fsp3) is 0.176. The number of aryl methyl sites for hydroxylation is 1. The van der Waals surface area contributed by atoms with Gasteiger partial charge in [-0.3, -0.25) is 0 Å². The highest BCUT2D eigenvalue weighted by molar-refractivity contribution is 7.80. The lowest BCUT2D eigenvalue weighted by molar-refractivity contribution is 0.0599. The van der Waals surface area contributed by atoms with E-state index in [-0.39, 0.29) is 5.56 Å². The minimum absolute atomic E-state index is 0.174. The predicted octanol–water partition coefficient (Wildman–Crippen LogP) is 3.31. The first-order valence-electron chi connectivity index (χ1n) is 6.73. The van der Waals surface area contributed by atoms with E-state index in [1.807, 2.05) is 12.1 Å². The molecule has 2 aromatic carbocycles. The number of benzene rings is 2. The summed E-state index contributed by atoms with van der Waals surface area (Å²) >= 11 is 4.21. The van der Waals surface area contributed by atoms with Gasteiger partial charge in [-0.25, -0.2) is 9.59 Å². The van der Waals surface area contributed by atoms with E-state index in [9.17, 15) is 9.59 Å². The molecule has 0 heterocycles. The molecule has 114 valence electrons. The molecule has 0 aromatic heterocycles. The van der Waals surface area contributed by atoms with E-state index in [0.29, 0.717) is 28.9 Å². The third-order valence-electron chi connectivity index (χ3n) is 3.34. The van der Waals surface area contributed by atoms with Gasteiger partial charge in [0.05, 0.1) is 18.2 Å². The smallest absolute Gasteiger partial charge is 0.338 e. The summed E-state index contributed by atoms with van der Waals surface area (Å²) in [7, 11) is 1.33. The number of thiol groups is 1. The highest BCUT2D eigenvalue weighted by Gasteiger charge is 2.18. The monoisotopic (exact) mass is 316 g/mol. The van der Waals surface area contributed by atoms with Gasteiger partial charge in [0, 0.05) is 0 Å². The summed E-state index contributed by atoms with van der Waals surface area (Å²) in [6, 6.07) is 12.0. The standard InChI is InChI=1S/C17H16O4S/c1-21-17(20)15-11(8-9-22)4-3-7-14(15)12-5-2-6-13(10-12)16(18)19/h2-7,10,22H,8-9H2,1H3,(H,18,19). The lowest BCUT2D eigenvalue weighted by Crippen LogP contribution is -2.09. The molecule has 0 saturated carbocycles. The summed E-state index contributed by atoms with van der Waals surface area (Å²) in [6.07, 6.45) is 0.625. The van der Waals surface area contributed by atoms with Crippen LogP contribution in [0.4, 0.5) is 0 Å². The molecule has 0 fully saturated rings. The molecule has 5 heteroatoms. The van der Waals surface area contributed by atoms with Crippen LogP contribution in [0, 0.1) is 0 Å². The maximum absolute atomic E-state index is 12.2. The maximum atomic E-state index is 12.2. The molecule has 0 unspecified atom stereocenters. The SMILES string of the molecule is COC(=O)c1c(CCS)cccc1-c1cccc(C(=O)O)c1. The zero-order valence-corrected chi connectivity index (χ0v) is 13.0. The predicted molar refractivity (Wildman–Crippen MR) is 87.7 cm³/mol. The minimum atomic E-state index is -1.01. The second-order valence-corrected chi connectivity index (χ2v) is 5.14. The Bertz CT molecular complexity index is 710. The Balaban J connectivity index is 2.64. The molecule has 4 nitrogen and oxygen atoms in total. The van der Waals surface area contributed by atoms with Gasteiger partial charge in [0.15, 0.2) is 0 Å². The van der Waals surface area contributed by atoms with Gasteiger partial charge >= 0.3 is 11.9 Å². The molecule has 0 atom stereocenters. The van der Waals surface area contributed by atoms with Gasteiger partial charge in [0.1, 0.15) is 0 Å². The van der Waals surface area contributed by atoms with Crippen LogP contribution in [-0.4, -0.2) is 29.9 Å². The number of rotatable bonds is 5. The molecule has 0 aliphatic carbocycles. The summed E-state index contributed by atoms with van der Waals surface area (Å²) < 4.78 is 4.88. The Morgan fingerprint density at radius 3 is 2.55 bits per heavy atom. The maximum Gasteiger partial charge on any atom is 0.338 e. The molecule has 0 aliphatic rings. The third-order valence-corrected chi connectivity index (χ3v) is 3.57. The van der Waals surface area contributed by atoms with Gasteiger partial charge in [-0.1, -0.05) is 30.3 Å². The first kappa shape index (κ1) is 16.1. The van der Waals surface area contributed by atoms with Crippen molar-refractivity contribution in [3.63, 3.8) is 0 Å². The highest BCUT2D eigenvalue weighted by atomic mass is 32.1. The van der Waals surface area contributed by atoms with Crippen molar-refractivity contribution in [1.29, 1.82) is 0 Å². The van der Waals surface area contributed by atoms with Crippen LogP contribution in [0.25, 0.3) is 11.1 Å². The summed E-state index contributed by atoms with van der Waals surface area (Å²) in [6.45, 7) is 0. The van der Waals surface area contributed by atoms with Crippen molar-refractivity contribution in [2.75, 3.05) is 12.9 Å². The van der Waals surface area contributed by atoms with Crippen molar-refractivity contribution in [1.82, 2.24) is 0 Å². The van der Waals surface area contributed by atoms with E-state index in [0.717, 1.165) is 5.56 Å². The van der Waals surface area contributed by atoms with E-state index >= 15 is 0 Å². The zero-order chi connectivity index (χ0) is 16.1. The Morgan fingerprint density at radius 1 is 1.18 bits per heavy atom. The summed E-state index contributed by atoms with van der Waals surface area (Å²) in [5.74, 6) is -0.844. The molecule has 0 amide bonds. The summed E-state index contributed by atoms with van der Waals surface area (Å²) in [5.41, 5.74) is 2.80. The van der Waals surface area contributed by atoms with Crippen LogP contribution in [0.15, 0.2) is 42.5 Å². The first-order chi connectivity index (χ1) is 10.6. The summed E-state index contributed by atoms with van der Waals surface area (Å²) in [5, 5.41) is 9.12. The lowest BCUT2D eigenvalue weighted by atomic mass is 9.93. The Labute approximate surface area is 134 Å². The topological polar surface area (TPSA) is 63.6 Å². The molecule has 0 spiro atoms. The molecule has 0 saturated heterocycles. The Kier molecular flexibility index (Phi) is 5.22. The largest absolute Gasteiger partial charge is 0.478 e. The van der Waals surface area contributed by atoms with Gasteiger partial charge < -0.3 is 9.84 Å². The van der Waals surface area contributed by atoms with Crippen molar-refractivity contribution in [2.45, 2.75) is 6.42 Å². The van der Waals surface area contributed by atoms with E-state index in [1.54, 1.807) is 24.3 Å². The number of aromatic carboxylic acids is 1. The minimum Gasteiger partial charge on any atom is -0.478 e. The number of ether oxygens (including phenoxy) is 1. The zero-order valence-electron chi connectivity index (χ0n) is 12.1. The van der Waals surface area contributed by atoms with Crippen LogP contribution in [-0.2, 0) is 11.2 Å². The van der Waals surface area contributed by atoms with Crippen molar-refractivity contribution in [3.05, 3.63) is 59.2 Å². The molecule has 22 heavy (non-hydrogen) atoms. The molecular weight excluding hydrogens is 300 g/mol. The molecule has 0 aliphatic heterocycles. The van der Waals surface area contributed by atoms with Crippen LogP contribution in [0.3, 0.4) is 0 Å². The van der Waals surface area contributed by atoms with Crippen molar-refractivity contribution >= 4 is 24.6 Å². The van der Waals surface area contributed by atoms with Crippen LogP contribution in [0.5, 0.6) is 0 Å². The second-order valence-electron chi connectivity index (χ2n) is 4.69. The average molecular weight is 316 g/mol. The Hall–Kier alpha value is -2.27. The molecule has 2 rings (SSSR count). The second kappa shape index (κ2) is 7.13. The molecular formula is C17H16O4S. The number of carbonyl (C=O) groups is 2. The van der Waals surface area contributed by atoms with Crippen LogP contribution < -0.4 is 0 Å². The first-order valence-corrected chi connectivity index (χ1v) is 7.36. The van der Waals surface area contributed by atoms with E-state index in [2.05, 4.69) is 12.6 Å². The normalized spacial score (nSPS) is 10.3. The Morgan fingerprint density at radius 2 is 1.91 bits per heavy atom. The van der Waals surface area contributed by atoms with Crippen molar-refractivity contribution in [2.24, 2.45) is 0 Å². The van der Waals surface area contributed by atoms with E-state index in [4.69, 9.17) is 9.84 Å². The average Bonchev–Trinajstić information content (AvgIpc) is 2.54. The molecule has 0 radical (unpaired) electrons. The van der Waals surface area contributed by atoms with Gasteiger partial charge in [0.25, 0.3) is 0 Å². The van der Waals surface area contributed by atoms with Crippen LogP contribution in [0.1, 0.15) is 26.3 Å². The third kappa shape index (κ3) is 3.31. The fourth-order valence-corrected chi connectivity index (χ4v) is 2.57. The van der Waals surface area contributed by atoms with Crippen molar-refractivity contribution in [3.8, 4) is 11.1 Å². The highest BCUT2D eigenvalue weighted by Crippen LogP contribution is 2.28. The van der Waals surface area contributed by atoms with Crippen LogP contribution in [0.2, 0.25) is 0 Å². The molecule has 1 N–H and O–H groups in total. The van der Waals surface area contributed by atoms with E-state index in [1.165, 1.54) is 13.2 Å². The molecule has 2 aromatic rings. The van der Waals surface area contributed by atoms with Gasteiger partial charge in [-0.2, -0.15) is 12.6 Å². The van der Waals surface area contributed by atoms with Crippen molar-refractivity contribution < 1.29 is 19.4 Å². The van der Waals surface area contributed by atoms with E-state index < -0.39 is 11.9 Å². The number of carboxylic acid groups (broad SMARTS) is 1. The molecule has 0 bridgehead atoms. The van der Waals surface area contributed by atoms with Gasteiger partial charge in [-0.15, -0.1) is 0 Å². The summed E-state index contributed by atoms with van der Waals surface area (Å²) in [4.78, 5) is 23.3. The number of esters is 1. The van der Waals surface area contributed by atoms with Gasteiger partial charge in [-0.05, 0) is 41.0 Å². The quantitative estimate of drug-likeness (QED) is 0.656. The number of carboxylic acids is 1.